The van der Waals surface area contributed by atoms with Crippen LogP contribution in [0.3, 0.4) is 0 Å². The predicted octanol–water partition coefficient (Wildman–Crippen LogP) is 4.90. The van der Waals surface area contributed by atoms with Crippen LogP contribution in [-0.2, 0) is 25.5 Å². The Morgan fingerprint density at radius 2 is 1.12 bits per heavy atom. The van der Waals surface area contributed by atoms with Gasteiger partial charge in [-0.3, -0.25) is 9.59 Å². The first-order valence-electron chi connectivity index (χ1n) is 12.3. The molecule has 0 spiro atoms. The number of esters is 2. The van der Waals surface area contributed by atoms with E-state index >= 15 is 0 Å². The van der Waals surface area contributed by atoms with Gasteiger partial charge >= 0.3 is 11.9 Å². The van der Waals surface area contributed by atoms with Crippen molar-refractivity contribution in [1.82, 2.24) is 10.6 Å². The molecule has 2 unspecified atom stereocenters. The van der Waals surface area contributed by atoms with Gasteiger partial charge in [-0.25, -0.2) is 0 Å². The third-order valence-corrected chi connectivity index (χ3v) is 4.33. The number of ether oxygens (including phenoxy) is 2. The fraction of sp³-hybridized carbons (Fsp3) is 0.704. The molecule has 0 aliphatic rings. The Balaban J connectivity index is 0.000000633. The van der Waals surface area contributed by atoms with E-state index in [4.69, 9.17) is 9.47 Å². The number of carbonyl (C=O) groups excluding carboxylic acids is 2. The molecule has 0 aromatic heterocycles. The minimum atomic E-state index is -0.283. The Kier molecular flexibility index (Phi) is 15.7. The lowest BCUT2D eigenvalue weighted by atomic mass is 10.0. The summed E-state index contributed by atoms with van der Waals surface area (Å²) in [6.45, 7) is 19.8. The second-order valence-electron chi connectivity index (χ2n) is 10.0. The second kappa shape index (κ2) is 16.7. The first-order valence-corrected chi connectivity index (χ1v) is 12.3. The van der Waals surface area contributed by atoms with E-state index in [1.54, 1.807) is 0 Å². The number of hydrogen-bond acceptors (Lipinski definition) is 6. The molecule has 190 valence electrons. The monoisotopic (exact) mass is 464 g/mol. The van der Waals surface area contributed by atoms with Crippen molar-refractivity contribution in [3.63, 3.8) is 0 Å². The summed E-state index contributed by atoms with van der Waals surface area (Å²) < 4.78 is 10.5. The van der Waals surface area contributed by atoms with Gasteiger partial charge in [-0.05, 0) is 52.0 Å². The third kappa shape index (κ3) is 16.4. The van der Waals surface area contributed by atoms with Crippen LogP contribution in [0.4, 0.5) is 0 Å². The van der Waals surface area contributed by atoms with Gasteiger partial charge in [0.2, 0.25) is 0 Å². The van der Waals surface area contributed by atoms with E-state index in [0.29, 0.717) is 18.4 Å². The van der Waals surface area contributed by atoms with Gasteiger partial charge in [-0.15, -0.1) is 0 Å². The first-order chi connectivity index (χ1) is 15.3. The largest absolute Gasteiger partial charge is 0.462 e. The van der Waals surface area contributed by atoms with Crippen LogP contribution in [0.5, 0.6) is 0 Å². The molecule has 1 aromatic carbocycles. The van der Waals surface area contributed by atoms with E-state index in [0.717, 1.165) is 12.0 Å². The normalized spacial score (nSPS) is 13.2. The quantitative estimate of drug-likeness (QED) is 0.429. The van der Waals surface area contributed by atoms with Crippen molar-refractivity contribution in [2.24, 2.45) is 5.92 Å². The molecule has 2 atom stereocenters. The molecular weight excluding hydrogens is 416 g/mol. The molecule has 0 saturated heterocycles. The number of carbonyl (C=O) groups is 2. The van der Waals surface area contributed by atoms with E-state index in [9.17, 15) is 9.59 Å². The molecule has 0 heterocycles. The van der Waals surface area contributed by atoms with Gasteiger partial charge in [0.25, 0.3) is 0 Å². The maximum Gasteiger partial charge on any atom is 0.323 e. The van der Waals surface area contributed by atoms with Gasteiger partial charge in [-0.1, -0.05) is 71.9 Å². The summed E-state index contributed by atoms with van der Waals surface area (Å²) in [5.74, 6) is 0.177. The predicted molar refractivity (Wildman–Crippen MR) is 136 cm³/mol. The number of nitrogens with one attached hydrogen (secondary N) is 2. The maximum absolute atomic E-state index is 12.0. The Labute approximate surface area is 202 Å². The van der Waals surface area contributed by atoms with Gasteiger partial charge in [0.1, 0.15) is 12.1 Å². The van der Waals surface area contributed by atoms with Gasteiger partial charge in [0.15, 0.2) is 0 Å². The van der Waals surface area contributed by atoms with Crippen LogP contribution >= 0.6 is 0 Å². The fourth-order valence-electron chi connectivity index (χ4n) is 3.20. The summed E-state index contributed by atoms with van der Waals surface area (Å²) in [6, 6.07) is 10.1. The molecule has 0 aliphatic carbocycles. The highest BCUT2D eigenvalue weighted by molar-refractivity contribution is 5.76. The third-order valence-electron chi connectivity index (χ3n) is 4.33. The van der Waals surface area contributed by atoms with Crippen molar-refractivity contribution in [3.05, 3.63) is 35.9 Å². The smallest absolute Gasteiger partial charge is 0.323 e. The SMILES string of the molecule is CC(C)CC(NC(C)C)C(=O)OC(C)C.CC(C)NC(Cc1ccccc1)C(=O)OC(C)C. The minimum Gasteiger partial charge on any atom is -0.462 e. The van der Waals surface area contributed by atoms with Crippen LogP contribution in [0.15, 0.2) is 30.3 Å². The molecule has 0 amide bonds. The zero-order valence-electron chi connectivity index (χ0n) is 22.5. The van der Waals surface area contributed by atoms with E-state index in [-0.39, 0.29) is 42.3 Å². The van der Waals surface area contributed by atoms with Crippen LogP contribution in [0, 0.1) is 5.92 Å². The van der Waals surface area contributed by atoms with Crippen LogP contribution in [0.25, 0.3) is 0 Å². The van der Waals surface area contributed by atoms with E-state index in [1.807, 2.05) is 85.7 Å². The molecular formula is C27H48N2O4. The van der Waals surface area contributed by atoms with Crippen LogP contribution < -0.4 is 10.6 Å². The molecule has 33 heavy (non-hydrogen) atoms. The molecule has 1 rings (SSSR count). The standard InChI is InChI=1S/C15H23NO2.C12H25NO2/c1-11(2)16-14(15(17)18-12(3)4)10-13-8-6-5-7-9-13;1-8(2)7-11(13-9(3)4)12(14)15-10(5)6/h5-9,11-12,14,16H,10H2,1-4H3;8-11,13H,7H2,1-6H3. The van der Waals surface area contributed by atoms with Crippen molar-refractivity contribution < 1.29 is 19.1 Å². The number of rotatable bonds is 12. The summed E-state index contributed by atoms with van der Waals surface area (Å²) in [6.07, 6.45) is 1.36. The van der Waals surface area contributed by atoms with Gasteiger partial charge in [-0.2, -0.15) is 0 Å². The topological polar surface area (TPSA) is 76.7 Å². The number of benzene rings is 1. The van der Waals surface area contributed by atoms with Crippen LogP contribution in [0.2, 0.25) is 0 Å². The molecule has 0 saturated carbocycles. The highest BCUT2D eigenvalue weighted by Gasteiger charge is 2.23. The van der Waals surface area contributed by atoms with E-state index in [1.165, 1.54) is 0 Å². The molecule has 1 aromatic rings. The second-order valence-corrected chi connectivity index (χ2v) is 10.0. The molecule has 2 N–H and O–H groups in total. The van der Waals surface area contributed by atoms with Crippen LogP contribution in [0.1, 0.15) is 81.2 Å². The summed E-state index contributed by atoms with van der Waals surface area (Å²) in [5, 5.41) is 6.50. The Hall–Kier alpha value is -1.92. The van der Waals surface area contributed by atoms with Crippen LogP contribution in [-0.4, -0.2) is 48.3 Å². The van der Waals surface area contributed by atoms with Crippen molar-refractivity contribution >= 4 is 11.9 Å². The Bertz CT molecular complexity index is 647. The summed E-state index contributed by atoms with van der Waals surface area (Å²) in [4.78, 5) is 23.7. The minimum absolute atomic E-state index is 0.0406. The fourth-order valence-corrected chi connectivity index (χ4v) is 3.20. The zero-order chi connectivity index (χ0) is 25.6. The lowest BCUT2D eigenvalue weighted by molar-refractivity contribution is -0.151. The summed E-state index contributed by atoms with van der Waals surface area (Å²) in [5.41, 5.74) is 1.14. The van der Waals surface area contributed by atoms with Crippen molar-refractivity contribution in [2.75, 3.05) is 0 Å². The van der Waals surface area contributed by atoms with E-state index < -0.39 is 0 Å². The van der Waals surface area contributed by atoms with Crippen molar-refractivity contribution in [3.8, 4) is 0 Å². The maximum atomic E-state index is 12.0. The first kappa shape index (κ1) is 31.1. The Morgan fingerprint density at radius 3 is 1.52 bits per heavy atom. The van der Waals surface area contributed by atoms with Crippen molar-refractivity contribution in [1.29, 1.82) is 0 Å². The average Bonchev–Trinajstić information content (AvgIpc) is 2.66. The average molecular weight is 465 g/mol. The summed E-state index contributed by atoms with van der Waals surface area (Å²) in [7, 11) is 0. The molecule has 6 nitrogen and oxygen atoms in total. The lowest BCUT2D eigenvalue weighted by Crippen LogP contribution is -2.44. The number of hydrogen-bond donors (Lipinski definition) is 2. The lowest BCUT2D eigenvalue weighted by Gasteiger charge is -2.22. The highest BCUT2D eigenvalue weighted by Crippen LogP contribution is 2.09. The van der Waals surface area contributed by atoms with Gasteiger partial charge < -0.3 is 20.1 Å². The van der Waals surface area contributed by atoms with Gasteiger partial charge in [0.05, 0.1) is 12.2 Å². The van der Waals surface area contributed by atoms with Crippen molar-refractivity contribution in [2.45, 2.75) is 118 Å². The van der Waals surface area contributed by atoms with E-state index in [2.05, 4.69) is 24.5 Å². The molecule has 0 bridgehead atoms. The molecule has 6 heteroatoms. The Morgan fingerprint density at radius 1 is 0.697 bits per heavy atom. The highest BCUT2D eigenvalue weighted by atomic mass is 16.5. The molecule has 0 radical (unpaired) electrons. The van der Waals surface area contributed by atoms with Gasteiger partial charge in [0, 0.05) is 12.1 Å². The molecule has 0 aliphatic heterocycles. The zero-order valence-corrected chi connectivity index (χ0v) is 22.5. The molecule has 0 fully saturated rings. The summed E-state index contributed by atoms with van der Waals surface area (Å²) >= 11 is 0.